The van der Waals surface area contributed by atoms with Crippen LogP contribution in [-0.2, 0) is 4.79 Å². The molecule has 0 aromatic heterocycles. The summed E-state index contributed by atoms with van der Waals surface area (Å²) in [6.45, 7) is 1.85. The van der Waals surface area contributed by atoms with Crippen LogP contribution in [0, 0.1) is 0 Å². The van der Waals surface area contributed by atoms with Gasteiger partial charge >= 0.3 is 0 Å². The molecule has 3 rings (SSSR count). The highest BCUT2D eigenvalue weighted by Gasteiger charge is 2.17. The van der Waals surface area contributed by atoms with Crippen molar-refractivity contribution < 1.29 is 9.90 Å². The van der Waals surface area contributed by atoms with Gasteiger partial charge in [0.1, 0.15) is 0 Å². The van der Waals surface area contributed by atoms with Crippen LogP contribution in [0.25, 0.3) is 0 Å². The number of hydrogen-bond acceptors (Lipinski definition) is 3. The van der Waals surface area contributed by atoms with Gasteiger partial charge in [-0.15, -0.1) is 0 Å². The Kier molecular flexibility index (Phi) is 6.18. The minimum atomic E-state index is -1.22. The van der Waals surface area contributed by atoms with Crippen LogP contribution >= 0.6 is 0 Å². The summed E-state index contributed by atoms with van der Waals surface area (Å²) in [6, 6.07) is 17.3. The van der Waals surface area contributed by atoms with Gasteiger partial charge < -0.3 is 5.11 Å². The first-order valence-corrected chi connectivity index (χ1v) is 9.32. The number of carbonyl (C=O) groups is 1. The van der Waals surface area contributed by atoms with E-state index in [2.05, 4.69) is 34.8 Å². The van der Waals surface area contributed by atoms with Gasteiger partial charge in [-0.05, 0) is 42.4 Å². The van der Waals surface area contributed by atoms with E-state index >= 15 is 0 Å². The molecule has 1 aliphatic rings. The number of hydrogen-bond donors (Lipinski definition) is 2. The second kappa shape index (κ2) is 8.77. The maximum absolute atomic E-state index is 12.1. The van der Waals surface area contributed by atoms with Crippen LogP contribution in [0.15, 0.2) is 59.7 Å². The molecule has 2 aromatic carbocycles. The predicted molar refractivity (Wildman–Crippen MR) is 104 cm³/mol. The highest BCUT2D eigenvalue weighted by molar-refractivity contribution is 5.99. The molecule has 26 heavy (non-hydrogen) atoms. The molecule has 0 spiro atoms. The number of aliphatic hydroxyl groups excluding tert-OH is 1. The summed E-state index contributed by atoms with van der Waals surface area (Å²) in [6.07, 6.45) is 5.33. The number of hydrazone groups is 1. The first-order valence-electron chi connectivity index (χ1n) is 9.32. The van der Waals surface area contributed by atoms with Crippen molar-refractivity contribution in [2.45, 2.75) is 51.0 Å². The topological polar surface area (TPSA) is 61.7 Å². The van der Waals surface area contributed by atoms with Gasteiger partial charge in [-0.1, -0.05) is 73.9 Å². The van der Waals surface area contributed by atoms with Crippen molar-refractivity contribution in [3.05, 3.63) is 71.3 Å². The molecule has 0 radical (unpaired) electrons. The Morgan fingerprint density at radius 2 is 1.69 bits per heavy atom. The smallest absolute Gasteiger partial charge is 0.273 e. The standard InChI is InChI=1S/C22H26N2O2/c1-16(23-24-22(26)21(25)20-10-6-3-7-11-20)17-12-14-19(15-13-17)18-8-4-2-5-9-18/h3,6-7,10-15,18,21,25H,2,4-5,8-9H2,1H3,(H,24,26)/b23-16+. The van der Waals surface area contributed by atoms with Crippen molar-refractivity contribution in [3.63, 3.8) is 0 Å². The van der Waals surface area contributed by atoms with E-state index in [0.29, 0.717) is 17.2 Å². The average Bonchev–Trinajstić information content (AvgIpc) is 2.72. The van der Waals surface area contributed by atoms with Crippen LogP contribution in [0.3, 0.4) is 0 Å². The minimum absolute atomic E-state index is 0.533. The van der Waals surface area contributed by atoms with E-state index < -0.39 is 12.0 Å². The number of amides is 1. The number of benzene rings is 2. The van der Waals surface area contributed by atoms with Crippen molar-refractivity contribution >= 4 is 11.6 Å². The van der Waals surface area contributed by atoms with Crippen LogP contribution in [0.1, 0.15) is 67.7 Å². The van der Waals surface area contributed by atoms with Crippen molar-refractivity contribution in [1.29, 1.82) is 0 Å². The zero-order valence-electron chi connectivity index (χ0n) is 15.2. The molecule has 0 bridgehead atoms. The highest BCUT2D eigenvalue weighted by Crippen LogP contribution is 2.32. The quantitative estimate of drug-likeness (QED) is 0.623. The predicted octanol–water partition coefficient (Wildman–Crippen LogP) is 4.31. The molecular weight excluding hydrogens is 324 g/mol. The third kappa shape index (κ3) is 4.58. The van der Waals surface area contributed by atoms with Crippen LogP contribution in [0.5, 0.6) is 0 Å². The molecule has 1 amide bonds. The normalized spacial score (nSPS) is 16.9. The number of nitrogens with zero attached hydrogens (tertiary/aromatic N) is 1. The molecule has 2 N–H and O–H groups in total. The lowest BCUT2D eigenvalue weighted by Gasteiger charge is -2.22. The summed E-state index contributed by atoms with van der Waals surface area (Å²) in [5.74, 6) is 0.144. The van der Waals surface area contributed by atoms with E-state index in [1.54, 1.807) is 24.3 Å². The molecule has 1 saturated carbocycles. The minimum Gasteiger partial charge on any atom is -0.378 e. The fourth-order valence-electron chi connectivity index (χ4n) is 3.48. The lowest BCUT2D eigenvalue weighted by Crippen LogP contribution is -2.26. The van der Waals surface area contributed by atoms with Crippen molar-refractivity contribution in [2.24, 2.45) is 5.10 Å². The Bertz CT molecular complexity index is 747. The van der Waals surface area contributed by atoms with E-state index in [1.807, 2.05) is 13.0 Å². The Morgan fingerprint density at radius 3 is 2.35 bits per heavy atom. The molecule has 1 aliphatic carbocycles. The number of carbonyl (C=O) groups excluding carboxylic acids is 1. The molecule has 4 heteroatoms. The van der Waals surface area contributed by atoms with E-state index in [4.69, 9.17) is 0 Å². The molecule has 1 fully saturated rings. The number of nitrogens with one attached hydrogen (secondary N) is 1. The van der Waals surface area contributed by atoms with E-state index in [9.17, 15) is 9.90 Å². The summed E-state index contributed by atoms with van der Waals surface area (Å²) in [7, 11) is 0. The van der Waals surface area contributed by atoms with Gasteiger partial charge in [-0.2, -0.15) is 5.10 Å². The molecule has 1 atom stereocenters. The van der Waals surface area contributed by atoms with Gasteiger partial charge in [-0.3, -0.25) is 4.79 Å². The lowest BCUT2D eigenvalue weighted by atomic mass is 9.84. The third-order valence-electron chi connectivity index (χ3n) is 5.10. The summed E-state index contributed by atoms with van der Waals surface area (Å²) in [4.78, 5) is 12.1. The fourth-order valence-corrected chi connectivity index (χ4v) is 3.48. The maximum atomic E-state index is 12.1. The Labute approximate surface area is 155 Å². The third-order valence-corrected chi connectivity index (χ3v) is 5.10. The van der Waals surface area contributed by atoms with Gasteiger partial charge in [0.05, 0.1) is 5.71 Å². The van der Waals surface area contributed by atoms with Crippen LogP contribution in [-0.4, -0.2) is 16.7 Å². The highest BCUT2D eigenvalue weighted by atomic mass is 16.3. The van der Waals surface area contributed by atoms with Gasteiger partial charge in [0.2, 0.25) is 0 Å². The Morgan fingerprint density at radius 1 is 1.04 bits per heavy atom. The monoisotopic (exact) mass is 350 g/mol. The van der Waals surface area contributed by atoms with Crippen LogP contribution < -0.4 is 5.43 Å². The van der Waals surface area contributed by atoms with Gasteiger partial charge in [-0.25, -0.2) is 5.43 Å². The SMILES string of the molecule is C/C(=N\NC(=O)C(O)c1ccccc1)c1ccc(C2CCCCC2)cc1. The maximum Gasteiger partial charge on any atom is 0.273 e. The fraction of sp³-hybridized carbons (Fsp3) is 0.364. The van der Waals surface area contributed by atoms with Crippen molar-refractivity contribution in [1.82, 2.24) is 5.43 Å². The largest absolute Gasteiger partial charge is 0.378 e. The zero-order chi connectivity index (χ0) is 18.4. The van der Waals surface area contributed by atoms with Crippen molar-refractivity contribution in [2.75, 3.05) is 0 Å². The molecule has 136 valence electrons. The molecular formula is C22H26N2O2. The second-order valence-electron chi connectivity index (χ2n) is 6.94. The molecule has 2 aromatic rings. The van der Waals surface area contributed by atoms with Crippen LogP contribution in [0.2, 0.25) is 0 Å². The Balaban J connectivity index is 1.61. The summed E-state index contributed by atoms with van der Waals surface area (Å²) in [5, 5.41) is 14.2. The van der Waals surface area contributed by atoms with Gasteiger partial charge in [0, 0.05) is 0 Å². The van der Waals surface area contributed by atoms with Crippen molar-refractivity contribution in [3.8, 4) is 0 Å². The zero-order valence-corrected chi connectivity index (χ0v) is 15.2. The van der Waals surface area contributed by atoms with Crippen LogP contribution in [0.4, 0.5) is 0 Å². The average molecular weight is 350 g/mol. The molecule has 0 saturated heterocycles. The second-order valence-corrected chi connectivity index (χ2v) is 6.94. The molecule has 0 heterocycles. The van der Waals surface area contributed by atoms with E-state index in [-0.39, 0.29) is 0 Å². The summed E-state index contributed by atoms with van der Waals surface area (Å²) in [5.41, 5.74) is 6.09. The number of rotatable bonds is 5. The van der Waals surface area contributed by atoms with E-state index in [0.717, 1.165) is 5.56 Å². The molecule has 1 unspecified atom stereocenters. The summed E-state index contributed by atoms with van der Waals surface area (Å²) >= 11 is 0. The summed E-state index contributed by atoms with van der Waals surface area (Å²) < 4.78 is 0. The Hall–Kier alpha value is -2.46. The molecule has 4 nitrogen and oxygen atoms in total. The lowest BCUT2D eigenvalue weighted by molar-refractivity contribution is -0.129. The number of aliphatic hydroxyl groups is 1. The van der Waals surface area contributed by atoms with Gasteiger partial charge in [0.15, 0.2) is 6.10 Å². The first-order chi connectivity index (χ1) is 12.6. The first kappa shape index (κ1) is 18.3. The van der Waals surface area contributed by atoms with E-state index in [1.165, 1.54) is 37.7 Å². The van der Waals surface area contributed by atoms with Gasteiger partial charge in [0.25, 0.3) is 5.91 Å². The molecule has 0 aliphatic heterocycles.